The number of carbonyl (C=O) groups excluding carboxylic acids is 1. The molecule has 2 amide bonds. The van der Waals surface area contributed by atoms with Gasteiger partial charge in [-0.05, 0) is 30.5 Å². The van der Waals surface area contributed by atoms with Crippen LogP contribution in [0.3, 0.4) is 0 Å². The predicted molar refractivity (Wildman–Crippen MR) is 78.3 cm³/mol. The maximum atomic E-state index is 13.0. The van der Waals surface area contributed by atoms with E-state index < -0.39 is 5.97 Å². The molecule has 1 aliphatic heterocycles. The van der Waals surface area contributed by atoms with Gasteiger partial charge in [0.15, 0.2) is 0 Å². The number of benzene rings is 1. The van der Waals surface area contributed by atoms with Gasteiger partial charge in [0.25, 0.3) is 0 Å². The highest BCUT2D eigenvalue weighted by molar-refractivity contribution is 9.10. The summed E-state index contributed by atoms with van der Waals surface area (Å²) in [5, 5.41) is 11.7. The summed E-state index contributed by atoms with van der Waals surface area (Å²) in [5.74, 6) is -1.50. The Morgan fingerprint density at radius 3 is 2.62 bits per heavy atom. The van der Waals surface area contributed by atoms with Gasteiger partial charge in [-0.1, -0.05) is 22.0 Å². The average molecular weight is 359 g/mol. The minimum Gasteiger partial charge on any atom is -0.481 e. The summed E-state index contributed by atoms with van der Waals surface area (Å²) in [6.07, 6.45) is 0.950. The fourth-order valence-corrected chi connectivity index (χ4v) is 2.77. The largest absolute Gasteiger partial charge is 0.481 e. The number of hydrogen-bond donors (Lipinski definition) is 2. The number of aliphatic carboxylic acids is 1. The second-order valence-corrected chi connectivity index (χ2v) is 5.85. The van der Waals surface area contributed by atoms with Gasteiger partial charge in [0, 0.05) is 24.1 Å². The van der Waals surface area contributed by atoms with E-state index in [4.69, 9.17) is 5.11 Å². The van der Waals surface area contributed by atoms with Crippen molar-refractivity contribution in [3.8, 4) is 0 Å². The van der Waals surface area contributed by atoms with E-state index in [0.717, 1.165) is 5.56 Å². The fourth-order valence-electron chi connectivity index (χ4n) is 2.28. The molecule has 1 saturated heterocycles. The van der Waals surface area contributed by atoms with Crippen LogP contribution in [0.15, 0.2) is 22.7 Å². The van der Waals surface area contributed by atoms with E-state index in [1.165, 1.54) is 12.1 Å². The molecule has 21 heavy (non-hydrogen) atoms. The van der Waals surface area contributed by atoms with Crippen molar-refractivity contribution in [1.29, 1.82) is 0 Å². The average Bonchev–Trinajstić information content (AvgIpc) is 2.46. The SMILES string of the molecule is O=C(O)C1CCN(C(=O)NCc2ccc(F)cc2Br)CC1. The number of nitrogens with one attached hydrogen (secondary N) is 1. The molecule has 0 aliphatic carbocycles. The zero-order valence-corrected chi connectivity index (χ0v) is 12.9. The Hall–Kier alpha value is -1.63. The monoisotopic (exact) mass is 358 g/mol. The molecule has 7 heteroatoms. The predicted octanol–water partition coefficient (Wildman–Crippen LogP) is 2.59. The number of rotatable bonds is 3. The first-order chi connectivity index (χ1) is 9.97. The van der Waals surface area contributed by atoms with Crippen LogP contribution < -0.4 is 5.32 Å². The third-order valence-corrected chi connectivity index (χ3v) is 4.31. The van der Waals surface area contributed by atoms with Crippen LogP contribution in [0.1, 0.15) is 18.4 Å². The van der Waals surface area contributed by atoms with Gasteiger partial charge >= 0.3 is 12.0 Å². The summed E-state index contributed by atoms with van der Waals surface area (Å²) >= 11 is 3.25. The molecule has 0 atom stereocenters. The van der Waals surface area contributed by atoms with E-state index in [2.05, 4.69) is 21.2 Å². The summed E-state index contributed by atoms with van der Waals surface area (Å²) in [5.41, 5.74) is 0.783. The first-order valence-corrected chi connectivity index (χ1v) is 7.46. The standard InChI is InChI=1S/C14H16BrFN2O3/c15-12-7-11(16)2-1-10(12)8-17-14(21)18-5-3-9(4-6-18)13(19)20/h1-2,7,9H,3-6,8H2,(H,17,21)(H,19,20). The third kappa shape index (κ3) is 4.17. The summed E-state index contributed by atoms with van der Waals surface area (Å²) in [6, 6.07) is 4.07. The lowest BCUT2D eigenvalue weighted by Gasteiger charge is -2.30. The van der Waals surface area contributed by atoms with Crippen LogP contribution >= 0.6 is 15.9 Å². The van der Waals surface area contributed by atoms with Crippen molar-refractivity contribution >= 4 is 27.9 Å². The molecule has 2 rings (SSSR count). The molecule has 0 saturated carbocycles. The molecule has 0 spiro atoms. The number of piperidine rings is 1. The lowest BCUT2D eigenvalue weighted by atomic mass is 9.97. The van der Waals surface area contributed by atoms with E-state index >= 15 is 0 Å². The van der Waals surface area contributed by atoms with Gasteiger partial charge in [0.05, 0.1) is 5.92 Å². The molecular formula is C14H16BrFN2O3. The Balaban J connectivity index is 1.84. The highest BCUT2D eigenvalue weighted by Crippen LogP contribution is 2.19. The smallest absolute Gasteiger partial charge is 0.317 e. The van der Waals surface area contributed by atoms with Gasteiger partial charge in [0.1, 0.15) is 5.82 Å². The first-order valence-electron chi connectivity index (χ1n) is 6.67. The molecule has 5 nitrogen and oxygen atoms in total. The molecule has 0 radical (unpaired) electrons. The molecular weight excluding hydrogens is 343 g/mol. The van der Waals surface area contributed by atoms with E-state index in [-0.39, 0.29) is 17.8 Å². The van der Waals surface area contributed by atoms with Crippen molar-refractivity contribution in [2.75, 3.05) is 13.1 Å². The summed E-state index contributed by atoms with van der Waals surface area (Å²) in [6.45, 7) is 1.17. The summed E-state index contributed by atoms with van der Waals surface area (Å²) < 4.78 is 13.6. The van der Waals surface area contributed by atoms with Gasteiger partial charge in [-0.3, -0.25) is 4.79 Å². The van der Waals surface area contributed by atoms with Crippen molar-refractivity contribution in [3.63, 3.8) is 0 Å². The number of likely N-dealkylation sites (tertiary alicyclic amines) is 1. The van der Waals surface area contributed by atoms with Crippen molar-refractivity contribution < 1.29 is 19.1 Å². The van der Waals surface area contributed by atoms with Crippen molar-refractivity contribution in [2.24, 2.45) is 5.92 Å². The third-order valence-electron chi connectivity index (χ3n) is 3.58. The van der Waals surface area contributed by atoms with Gasteiger partial charge in [-0.2, -0.15) is 0 Å². The Bertz CT molecular complexity index is 545. The molecule has 1 heterocycles. The van der Waals surface area contributed by atoms with Crippen LogP contribution in [-0.2, 0) is 11.3 Å². The van der Waals surface area contributed by atoms with Gasteiger partial charge in [-0.25, -0.2) is 9.18 Å². The van der Waals surface area contributed by atoms with Gasteiger partial charge in [0.2, 0.25) is 0 Å². The number of nitrogens with zero attached hydrogens (tertiary/aromatic N) is 1. The zero-order valence-electron chi connectivity index (χ0n) is 11.3. The van der Waals surface area contributed by atoms with Crippen molar-refractivity contribution in [3.05, 3.63) is 34.1 Å². The molecule has 2 N–H and O–H groups in total. The number of carboxylic acids is 1. The van der Waals surface area contributed by atoms with E-state index in [0.29, 0.717) is 36.9 Å². The molecule has 0 aromatic heterocycles. The molecule has 1 aromatic carbocycles. The van der Waals surface area contributed by atoms with E-state index in [1.807, 2.05) is 0 Å². The molecule has 1 fully saturated rings. The second-order valence-electron chi connectivity index (χ2n) is 4.99. The van der Waals surface area contributed by atoms with Crippen LogP contribution in [0.5, 0.6) is 0 Å². The summed E-state index contributed by atoms with van der Waals surface area (Å²) in [4.78, 5) is 24.5. The lowest BCUT2D eigenvalue weighted by Crippen LogP contribution is -2.45. The van der Waals surface area contributed by atoms with E-state index in [1.54, 1.807) is 11.0 Å². The first kappa shape index (κ1) is 15.8. The molecule has 1 aromatic rings. The number of halogens is 2. The highest BCUT2D eigenvalue weighted by Gasteiger charge is 2.26. The zero-order chi connectivity index (χ0) is 15.4. The van der Waals surface area contributed by atoms with Crippen LogP contribution in [0.25, 0.3) is 0 Å². The number of carbonyl (C=O) groups is 2. The fraction of sp³-hybridized carbons (Fsp3) is 0.429. The number of amides is 2. The Kier molecular flexibility index (Phi) is 5.17. The van der Waals surface area contributed by atoms with Crippen LogP contribution in [0.2, 0.25) is 0 Å². The van der Waals surface area contributed by atoms with Gasteiger partial charge in [-0.15, -0.1) is 0 Å². The topological polar surface area (TPSA) is 69.6 Å². The number of urea groups is 1. The van der Waals surface area contributed by atoms with Crippen molar-refractivity contribution in [1.82, 2.24) is 10.2 Å². The quantitative estimate of drug-likeness (QED) is 0.872. The van der Waals surface area contributed by atoms with Crippen molar-refractivity contribution in [2.45, 2.75) is 19.4 Å². The number of hydrogen-bond acceptors (Lipinski definition) is 2. The Morgan fingerprint density at radius 2 is 2.05 bits per heavy atom. The summed E-state index contributed by atoms with van der Waals surface area (Å²) in [7, 11) is 0. The molecule has 1 aliphatic rings. The second kappa shape index (κ2) is 6.89. The van der Waals surface area contributed by atoms with Crippen LogP contribution in [0.4, 0.5) is 9.18 Å². The minimum absolute atomic E-state index is 0.227. The van der Waals surface area contributed by atoms with Crippen LogP contribution in [-0.4, -0.2) is 35.1 Å². The molecule has 0 bridgehead atoms. The van der Waals surface area contributed by atoms with Gasteiger partial charge < -0.3 is 15.3 Å². The highest BCUT2D eigenvalue weighted by atomic mass is 79.9. The molecule has 114 valence electrons. The van der Waals surface area contributed by atoms with Crippen LogP contribution in [0, 0.1) is 11.7 Å². The Morgan fingerprint density at radius 1 is 1.38 bits per heavy atom. The maximum absolute atomic E-state index is 13.0. The minimum atomic E-state index is -0.801. The number of carboxylic acid groups (broad SMARTS) is 1. The Labute approximate surface area is 130 Å². The normalized spacial score (nSPS) is 15.8. The molecule has 0 unspecified atom stereocenters. The lowest BCUT2D eigenvalue weighted by molar-refractivity contribution is -0.143. The van der Waals surface area contributed by atoms with E-state index in [9.17, 15) is 14.0 Å². The maximum Gasteiger partial charge on any atom is 0.317 e.